The van der Waals surface area contributed by atoms with Gasteiger partial charge in [0.2, 0.25) is 0 Å². The Morgan fingerprint density at radius 3 is 2.41 bits per heavy atom. The number of nitrogens with zero attached hydrogens (tertiary/aromatic N) is 2. The lowest BCUT2D eigenvalue weighted by Gasteiger charge is -2.18. The van der Waals surface area contributed by atoms with E-state index in [9.17, 15) is 9.59 Å². The summed E-state index contributed by atoms with van der Waals surface area (Å²) in [5, 5.41) is 14.4. The third-order valence-electron chi connectivity index (χ3n) is 4.11. The predicted molar refractivity (Wildman–Crippen MR) is 111 cm³/mol. The van der Waals surface area contributed by atoms with Gasteiger partial charge in [-0.25, -0.2) is 9.78 Å². The highest BCUT2D eigenvalue weighted by atomic mass is 16.5. The van der Waals surface area contributed by atoms with E-state index < -0.39 is 6.09 Å². The summed E-state index contributed by atoms with van der Waals surface area (Å²) >= 11 is 0. The van der Waals surface area contributed by atoms with E-state index in [1.54, 1.807) is 38.4 Å². The zero-order valence-corrected chi connectivity index (χ0v) is 15.9. The van der Waals surface area contributed by atoms with Crippen LogP contribution in [0.1, 0.15) is 10.5 Å². The highest BCUT2D eigenvalue weighted by Crippen LogP contribution is 2.28. The Balaban J connectivity index is 1.97. The lowest BCUT2D eigenvalue weighted by atomic mass is 10.2. The van der Waals surface area contributed by atoms with Gasteiger partial charge < -0.3 is 20.1 Å². The van der Waals surface area contributed by atoms with Crippen molar-refractivity contribution in [2.24, 2.45) is 0 Å². The molecule has 0 spiro atoms. The van der Waals surface area contributed by atoms with Gasteiger partial charge in [0.1, 0.15) is 17.3 Å². The quantitative estimate of drug-likeness (QED) is 0.581. The molecule has 1 aromatic heterocycles. The van der Waals surface area contributed by atoms with Gasteiger partial charge in [-0.15, -0.1) is 0 Å². The van der Waals surface area contributed by atoms with Gasteiger partial charge in [-0.3, -0.25) is 10.1 Å². The molecule has 0 saturated heterocycles. The zero-order valence-electron chi connectivity index (χ0n) is 15.9. The van der Waals surface area contributed by atoms with E-state index in [1.165, 1.54) is 17.0 Å². The van der Waals surface area contributed by atoms with E-state index in [0.29, 0.717) is 22.9 Å². The molecule has 0 saturated carbocycles. The molecule has 29 heavy (non-hydrogen) atoms. The number of methoxy groups -OCH3 is 1. The van der Waals surface area contributed by atoms with Gasteiger partial charge in [-0.1, -0.05) is 30.3 Å². The number of nitrogens with one attached hydrogen (secondary N) is 2. The van der Waals surface area contributed by atoms with Gasteiger partial charge >= 0.3 is 6.09 Å². The van der Waals surface area contributed by atoms with Gasteiger partial charge in [0.25, 0.3) is 5.91 Å². The second-order valence-corrected chi connectivity index (χ2v) is 6.08. The number of carbonyl (C=O) groups excluding carboxylic acids is 1. The number of aromatic nitrogens is 1. The van der Waals surface area contributed by atoms with Crippen LogP contribution in [0.5, 0.6) is 5.75 Å². The molecule has 2 aromatic carbocycles. The molecule has 0 unspecified atom stereocenters. The number of ether oxygens (including phenoxy) is 1. The summed E-state index contributed by atoms with van der Waals surface area (Å²) in [5.41, 5.74) is 1.62. The standard InChI is InChI=1S/C21H20N4O4/c1-25(15-8-4-3-5-9-15)20(26)17-12-14(22-21(27)28)13-19(24-17)23-16-10-6-7-11-18(16)29-2/h3-13H,1-2H3,(H,27,28)(H2,22,23,24). The number of carbonyl (C=O) groups is 2. The molecule has 3 rings (SSSR count). The van der Waals surface area contributed by atoms with E-state index in [-0.39, 0.29) is 17.3 Å². The largest absolute Gasteiger partial charge is 0.495 e. The summed E-state index contributed by atoms with van der Waals surface area (Å²) in [7, 11) is 3.17. The lowest BCUT2D eigenvalue weighted by molar-refractivity contribution is 0.0988. The number of anilines is 4. The Morgan fingerprint density at radius 2 is 1.72 bits per heavy atom. The van der Waals surface area contributed by atoms with E-state index in [1.807, 2.05) is 30.3 Å². The molecular formula is C21H20N4O4. The fourth-order valence-electron chi connectivity index (χ4n) is 2.73. The normalized spacial score (nSPS) is 10.1. The molecule has 0 aliphatic heterocycles. The Bertz CT molecular complexity index is 1020. The maximum atomic E-state index is 12.9. The molecule has 0 aliphatic rings. The van der Waals surface area contributed by atoms with Crippen LogP contribution in [-0.2, 0) is 0 Å². The van der Waals surface area contributed by atoms with Crippen LogP contribution in [0, 0.1) is 0 Å². The second kappa shape index (κ2) is 8.75. The van der Waals surface area contributed by atoms with Crippen LogP contribution in [0.4, 0.5) is 27.7 Å². The van der Waals surface area contributed by atoms with Gasteiger partial charge in [-0.2, -0.15) is 0 Å². The maximum Gasteiger partial charge on any atom is 0.409 e. The molecule has 0 aliphatic carbocycles. The number of rotatable bonds is 6. The van der Waals surface area contributed by atoms with Gasteiger partial charge in [0.15, 0.2) is 0 Å². The Kier molecular flexibility index (Phi) is 5.94. The van der Waals surface area contributed by atoms with Crippen molar-refractivity contribution in [1.29, 1.82) is 0 Å². The van der Waals surface area contributed by atoms with Crippen molar-refractivity contribution in [2.75, 3.05) is 29.7 Å². The van der Waals surface area contributed by atoms with Crippen LogP contribution in [0.15, 0.2) is 66.7 Å². The van der Waals surface area contributed by atoms with E-state index in [2.05, 4.69) is 15.6 Å². The molecule has 2 amide bonds. The van der Waals surface area contributed by atoms with Crippen LogP contribution >= 0.6 is 0 Å². The monoisotopic (exact) mass is 392 g/mol. The molecule has 0 radical (unpaired) electrons. The topological polar surface area (TPSA) is 104 Å². The predicted octanol–water partition coefficient (Wildman–Crippen LogP) is 4.20. The summed E-state index contributed by atoms with van der Waals surface area (Å²) < 4.78 is 5.31. The summed E-state index contributed by atoms with van der Waals surface area (Å²) in [5.74, 6) is 0.499. The fraction of sp³-hybridized carbons (Fsp3) is 0.0952. The molecule has 0 fully saturated rings. The number of hydrogen-bond donors (Lipinski definition) is 3. The zero-order chi connectivity index (χ0) is 20.8. The minimum absolute atomic E-state index is 0.0833. The number of amides is 2. The van der Waals surface area contributed by atoms with Crippen molar-refractivity contribution in [3.05, 3.63) is 72.4 Å². The molecule has 8 heteroatoms. The summed E-state index contributed by atoms with van der Waals surface area (Å²) in [6.45, 7) is 0. The summed E-state index contributed by atoms with van der Waals surface area (Å²) in [4.78, 5) is 29.9. The van der Waals surface area contributed by atoms with Gasteiger partial charge in [0, 0.05) is 18.8 Å². The van der Waals surface area contributed by atoms with Crippen LogP contribution < -0.4 is 20.3 Å². The fourth-order valence-corrected chi connectivity index (χ4v) is 2.73. The first kappa shape index (κ1) is 19.7. The Labute approximate surface area is 167 Å². The number of carboxylic acid groups (broad SMARTS) is 1. The summed E-state index contributed by atoms with van der Waals surface area (Å²) in [6, 6.07) is 19.2. The SMILES string of the molecule is COc1ccccc1Nc1cc(NC(=O)O)cc(C(=O)N(C)c2ccccc2)n1. The number of pyridine rings is 1. The average molecular weight is 392 g/mol. The van der Waals surface area contributed by atoms with Crippen molar-refractivity contribution in [3.8, 4) is 5.75 Å². The summed E-state index contributed by atoms with van der Waals surface area (Å²) in [6.07, 6.45) is -1.24. The number of benzene rings is 2. The highest BCUT2D eigenvalue weighted by molar-refractivity contribution is 6.05. The first-order valence-corrected chi connectivity index (χ1v) is 8.73. The second-order valence-electron chi connectivity index (χ2n) is 6.08. The maximum absolute atomic E-state index is 12.9. The highest BCUT2D eigenvalue weighted by Gasteiger charge is 2.18. The van der Waals surface area contributed by atoms with Crippen molar-refractivity contribution in [3.63, 3.8) is 0 Å². The van der Waals surface area contributed by atoms with Gasteiger partial charge in [-0.05, 0) is 30.3 Å². The van der Waals surface area contributed by atoms with Crippen LogP contribution in [0.25, 0.3) is 0 Å². The van der Waals surface area contributed by atoms with E-state index in [0.717, 1.165) is 0 Å². The minimum atomic E-state index is -1.24. The third kappa shape index (κ3) is 4.81. The number of hydrogen-bond acceptors (Lipinski definition) is 5. The molecule has 8 nitrogen and oxygen atoms in total. The van der Waals surface area contributed by atoms with E-state index >= 15 is 0 Å². The lowest BCUT2D eigenvalue weighted by Crippen LogP contribution is -2.27. The molecule has 3 N–H and O–H groups in total. The molecular weight excluding hydrogens is 372 g/mol. The molecule has 0 atom stereocenters. The smallest absolute Gasteiger partial charge is 0.409 e. The minimum Gasteiger partial charge on any atom is -0.495 e. The Hall–Kier alpha value is -4.07. The molecule has 148 valence electrons. The first-order valence-electron chi connectivity index (χ1n) is 8.73. The van der Waals surface area contributed by atoms with Crippen molar-refractivity contribution in [1.82, 2.24) is 4.98 Å². The van der Waals surface area contributed by atoms with Gasteiger partial charge in [0.05, 0.1) is 18.5 Å². The average Bonchev–Trinajstić information content (AvgIpc) is 2.73. The van der Waals surface area contributed by atoms with Crippen molar-refractivity contribution in [2.45, 2.75) is 0 Å². The molecule has 3 aromatic rings. The van der Waals surface area contributed by atoms with Crippen LogP contribution in [-0.4, -0.2) is 36.2 Å². The Morgan fingerprint density at radius 1 is 1.03 bits per heavy atom. The van der Waals surface area contributed by atoms with Crippen molar-refractivity contribution >= 4 is 34.9 Å². The molecule has 1 heterocycles. The molecule has 0 bridgehead atoms. The van der Waals surface area contributed by atoms with Crippen LogP contribution in [0.2, 0.25) is 0 Å². The van der Waals surface area contributed by atoms with Crippen LogP contribution in [0.3, 0.4) is 0 Å². The van der Waals surface area contributed by atoms with Crippen molar-refractivity contribution < 1.29 is 19.4 Å². The number of para-hydroxylation sites is 3. The third-order valence-corrected chi connectivity index (χ3v) is 4.11. The first-order chi connectivity index (χ1) is 14.0. The van der Waals surface area contributed by atoms with E-state index in [4.69, 9.17) is 9.84 Å².